The van der Waals surface area contributed by atoms with Crippen molar-refractivity contribution in [1.29, 1.82) is 0 Å². The highest BCUT2D eigenvalue weighted by Gasteiger charge is 2.32. The Bertz CT molecular complexity index is 392. The summed E-state index contributed by atoms with van der Waals surface area (Å²) in [7, 11) is 4.04. The van der Waals surface area contributed by atoms with E-state index in [1.54, 1.807) is 0 Å². The van der Waals surface area contributed by atoms with Crippen LogP contribution >= 0.6 is 24.8 Å². The summed E-state index contributed by atoms with van der Waals surface area (Å²) in [4.78, 5) is 2.09. The van der Waals surface area contributed by atoms with Gasteiger partial charge in [0.25, 0.3) is 0 Å². The lowest BCUT2D eigenvalue weighted by Crippen LogP contribution is -2.50. The molecular formula is C14H24Cl2N2O3. The van der Waals surface area contributed by atoms with Crippen LogP contribution in [0.5, 0.6) is 11.5 Å². The summed E-state index contributed by atoms with van der Waals surface area (Å²) in [6.07, 6.45) is 0. The number of benzene rings is 1. The molecule has 122 valence electrons. The Balaban J connectivity index is 0.00000200. The van der Waals surface area contributed by atoms with Crippen molar-refractivity contribution in [2.45, 2.75) is 5.60 Å². The highest BCUT2D eigenvalue weighted by molar-refractivity contribution is 5.85. The van der Waals surface area contributed by atoms with Crippen molar-refractivity contribution in [3.63, 3.8) is 0 Å². The molecule has 0 aromatic heterocycles. The maximum atomic E-state index is 10.5. The standard InChI is InChI=1S/C14H22N2O3.2ClH/c1-16(2)8-7-15-9-14(17)10-18-12-5-3-4-6-13(12)19-11-14;;/h3-6,15,17H,7-11H2,1-2H3;2*1H. The zero-order chi connectivity index (χ0) is 13.7. The number of para-hydroxylation sites is 2. The minimum absolute atomic E-state index is 0. The topological polar surface area (TPSA) is 54.0 Å². The molecule has 1 aliphatic heterocycles. The third-order valence-electron chi connectivity index (χ3n) is 3.03. The largest absolute Gasteiger partial charge is 0.487 e. The molecule has 0 unspecified atom stereocenters. The van der Waals surface area contributed by atoms with Gasteiger partial charge in [0.05, 0.1) is 0 Å². The average molecular weight is 339 g/mol. The van der Waals surface area contributed by atoms with Crippen molar-refractivity contribution in [1.82, 2.24) is 10.2 Å². The molecule has 21 heavy (non-hydrogen) atoms. The highest BCUT2D eigenvalue weighted by Crippen LogP contribution is 2.30. The SMILES string of the molecule is CN(C)CCNCC1(O)COc2ccccc2OC1.Cl.Cl. The molecule has 0 radical (unpaired) electrons. The van der Waals surface area contributed by atoms with Crippen LogP contribution in [-0.4, -0.2) is 62.6 Å². The first-order valence-corrected chi connectivity index (χ1v) is 6.51. The van der Waals surface area contributed by atoms with Crippen molar-refractivity contribution in [2.75, 3.05) is 46.9 Å². The quantitative estimate of drug-likeness (QED) is 0.789. The zero-order valence-electron chi connectivity index (χ0n) is 12.4. The summed E-state index contributed by atoms with van der Waals surface area (Å²) in [5.74, 6) is 1.37. The summed E-state index contributed by atoms with van der Waals surface area (Å²) in [6, 6.07) is 7.48. The molecule has 5 nitrogen and oxygen atoms in total. The maximum Gasteiger partial charge on any atom is 0.161 e. The molecule has 1 heterocycles. The number of hydrogen-bond acceptors (Lipinski definition) is 5. The third-order valence-corrected chi connectivity index (χ3v) is 3.03. The van der Waals surface area contributed by atoms with Crippen molar-refractivity contribution < 1.29 is 14.6 Å². The molecular weight excluding hydrogens is 315 g/mol. The van der Waals surface area contributed by atoms with Crippen molar-refractivity contribution in [3.05, 3.63) is 24.3 Å². The van der Waals surface area contributed by atoms with Gasteiger partial charge in [-0.2, -0.15) is 0 Å². The molecule has 2 N–H and O–H groups in total. The molecule has 0 fully saturated rings. The van der Waals surface area contributed by atoms with E-state index >= 15 is 0 Å². The number of nitrogens with one attached hydrogen (secondary N) is 1. The van der Waals surface area contributed by atoms with Gasteiger partial charge in [0.15, 0.2) is 11.5 Å². The lowest BCUT2D eigenvalue weighted by Gasteiger charge is -2.25. The van der Waals surface area contributed by atoms with E-state index < -0.39 is 5.60 Å². The number of aliphatic hydroxyl groups is 1. The van der Waals surface area contributed by atoms with Crippen LogP contribution in [0.2, 0.25) is 0 Å². The summed E-state index contributed by atoms with van der Waals surface area (Å²) in [5.41, 5.74) is -0.995. The van der Waals surface area contributed by atoms with E-state index in [0.717, 1.165) is 13.1 Å². The van der Waals surface area contributed by atoms with Gasteiger partial charge in [-0.05, 0) is 26.2 Å². The minimum atomic E-state index is -0.995. The van der Waals surface area contributed by atoms with Gasteiger partial charge in [-0.1, -0.05) is 12.1 Å². The van der Waals surface area contributed by atoms with Crippen LogP contribution in [0, 0.1) is 0 Å². The van der Waals surface area contributed by atoms with E-state index in [2.05, 4.69) is 10.2 Å². The van der Waals surface area contributed by atoms with Crippen LogP contribution in [0.15, 0.2) is 24.3 Å². The van der Waals surface area contributed by atoms with Crippen molar-refractivity contribution in [3.8, 4) is 11.5 Å². The van der Waals surface area contributed by atoms with E-state index in [0.29, 0.717) is 18.0 Å². The normalized spacial score (nSPS) is 15.6. The minimum Gasteiger partial charge on any atom is -0.487 e. The molecule has 0 spiro atoms. The monoisotopic (exact) mass is 338 g/mol. The Hall–Kier alpha value is -0.720. The van der Waals surface area contributed by atoms with Crippen LogP contribution in [0.25, 0.3) is 0 Å². The predicted octanol–water partition coefficient (Wildman–Crippen LogP) is 1.18. The fourth-order valence-corrected chi connectivity index (χ4v) is 1.88. The fraction of sp³-hybridized carbons (Fsp3) is 0.571. The number of halogens is 2. The molecule has 0 saturated carbocycles. The summed E-state index contributed by atoms with van der Waals surface area (Å²) < 4.78 is 11.2. The molecule has 1 aliphatic rings. The van der Waals surface area contributed by atoms with E-state index in [4.69, 9.17) is 9.47 Å². The number of likely N-dealkylation sites (N-methyl/N-ethyl adjacent to an activating group) is 1. The van der Waals surface area contributed by atoms with Gasteiger partial charge in [-0.25, -0.2) is 0 Å². The first-order chi connectivity index (χ1) is 9.09. The molecule has 0 saturated heterocycles. The Kier molecular flexibility index (Phi) is 9.01. The van der Waals surface area contributed by atoms with Crippen LogP contribution in [0.3, 0.4) is 0 Å². The number of fused-ring (bicyclic) bond motifs is 1. The van der Waals surface area contributed by atoms with Crippen LogP contribution in [0.4, 0.5) is 0 Å². The average Bonchev–Trinajstić information content (AvgIpc) is 2.56. The Morgan fingerprint density at radius 3 is 2.14 bits per heavy atom. The number of ether oxygens (including phenoxy) is 2. The van der Waals surface area contributed by atoms with Crippen molar-refractivity contribution >= 4 is 24.8 Å². The number of nitrogens with zero attached hydrogens (tertiary/aromatic N) is 1. The first kappa shape index (κ1) is 20.3. The van der Waals surface area contributed by atoms with E-state index in [9.17, 15) is 5.11 Å². The van der Waals surface area contributed by atoms with Gasteiger partial charge in [0.2, 0.25) is 0 Å². The lowest BCUT2D eigenvalue weighted by atomic mass is 10.1. The lowest BCUT2D eigenvalue weighted by molar-refractivity contribution is -0.0266. The second-order valence-electron chi connectivity index (χ2n) is 5.23. The maximum absolute atomic E-state index is 10.5. The van der Waals surface area contributed by atoms with Crippen LogP contribution in [0.1, 0.15) is 0 Å². The molecule has 0 bridgehead atoms. The molecule has 0 atom stereocenters. The first-order valence-electron chi connectivity index (χ1n) is 6.51. The predicted molar refractivity (Wildman–Crippen MR) is 88.3 cm³/mol. The van der Waals surface area contributed by atoms with E-state index in [1.165, 1.54) is 0 Å². The van der Waals surface area contributed by atoms with Gasteiger partial charge < -0.3 is 24.8 Å². The Morgan fingerprint density at radius 2 is 1.67 bits per heavy atom. The van der Waals surface area contributed by atoms with Gasteiger partial charge in [-0.15, -0.1) is 24.8 Å². The number of rotatable bonds is 5. The molecule has 1 aromatic rings. The Morgan fingerprint density at radius 1 is 1.14 bits per heavy atom. The van der Waals surface area contributed by atoms with Gasteiger partial charge in [0, 0.05) is 19.6 Å². The van der Waals surface area contributed by atoms with E-state index in [-0.39, 0.29) is 38.0 Å². The van der Waals surface area contributed by atoms with Gasteiger partial charge in [-0.3, -0.25) is 0 Å². The number of hydrogen-bond donors (Lipinski definition) is 2. The highest BCUT2D eigenvalue weighted by atomic mass is 35.5. The van der Waals surface area contributed by atoms with Gasteiger partial charge in [0.1, 0.15) is 18.8 Å². The smallest absolute Gasteiger partial charge is 0.161 e. The molecule has 0 aliphatic carbocycles. The fourth-order valence-electron chi connectivity index (χ4n) is 1.88. The zero-order valence-corrected chi connectivity index (χ0v) is 14.0. The second-order valence-corrected chi connectivity index (χ2v) is 5.23. The van der Waals surface area contributed by atoms with Crippen LogP contribution < -0.4 is 14.8 Å². The van der Waals surface area contributed by atoms with Crippen LogP contribution in [-0.2, 0) is 0 Å². The molecule has 2 rings (SSSR count). The third kappa shape index (κ3) is 6.28. The summed E-state index contributed by atoms with van der Waals surface area (Å²) in [6.45, 7) is 2.67. The summed E-state index contributed by atoms with van der Waals surface area (Å²) >= 11 is 0. The second kappa shape index (κ2) is 9.33. The van der Waals surface area contributed by atoms with E-state index in [1.807, 2.05) is 38.4 Å². The van der Waals surface area contributed by atoms with Crippen molar-refractivity contribution in [2.24, 2.45) is 0 Å². The molecule has 7 heteroatoms. The summed E-state index contributed by atoms with van der Waals surface area (Å²) in [5, 5.41) is 13.7. The molecule has 1 aromatic carbocycles. The van der Waals surface area contributed by atoms with Gasteiger partial charge >= 0.3 is 0 Å². The Labute approximate surface area is 138 Å². The molecule has 0 amide bonds.